The molecule has 0 fully saturated rings. The Morgan fingerprint density at radius 3 is 2.36 bits per heavy atom. The van der Waals surface area contributed by atoms with Crippen molar-refractivity contribution in [2.45, 2.75) is 0 Å². The molecule has 0 saturated heterocycles. The standard InChI is InChI=1S/C15H12BrN3O3/c16-13-4-2-1-3-12(13)15(21)18-17-9-10-5-7-11(8-6-10)14(20)19-22/h1-9,22H,(H,18,21)(H,19,20)/b17-9+. The Morgan fingerprint density at radius 1 is 1.05 bits per heavy atom. The molecule has 0 saturated carbocycles. The van der Waals surface area contributed by atoms with Crippen LogP contribution in [0.2, 0.25) is 0 Å². The first-order valence-electron chi connectivity index (χ1n) is 6.24. The molecule has 0 atom stereocenters. The summed E-state index contributed by atoms with van der Waals surface area (Å²) in [5.41, 5.74) is 5.46. The molecule has 0 heterocycles. The maximum absolute atomic E-state index is 11.9. The smallest absolute Gasteiger partial charge is 0.274 e. The number of amides is 2. The first kappa shape index (κ1) is 15.9. The molecule has 22 heavy (non-hydrogen) atoms. The monoisotopic (exact) mass is 361 g/mol. The van der Waals surface area contributed by atoms with Crippen molar-refractivity contribution in [3.05, 3.63) is 69.7 Å². The van der Waals surface area contributed by atoms with Crippen LogP contribution < -0.4 is 10.9 Å². The number of hydrazone groups is 1. The van der Waals surface area contributed by atoms with E-state index in [1.165, 1.54) is 18.3 Å². The minimum Gasteiger partial charge on any atom is -0.288 e. The fourth-order valence-corrected chi connectivity index (χ4v) is 2.12. The number of carbonyl (C=O) groups excluding carboxylic acids is 2. The second-order valence-electron chi connectivity index (χ2n) is 4.24. The van der Waals surface area contributed by atoms with Gasteiger partial charge in [0.15, 0.2) is 0 Å². The van der Waals surface area contributed by atoms with E-state index in [2.05, 4.69) is 26.5 Å². The van der Waals surface area contributed by atoms with Crippen molar-refractivity contribution in [1.82, 2.24) is 10.9 Å². The molecule has 7 heteroatoms. The van der Waals surface area contributed by atoms with Crippen LogP contribution >= 0.6 is 15.9 Å². The Morgan fingerprint density at radius 2 is 1.73 bits per heavy atom. The number of hydrogen-bond donors (Lipinski definition) is 3. The van der Waals surface area contributed by atoms with Crippen LogP contribution in [-0.4, -0.2) is 23.2 Å². The number of hydrogen-bond acceptors (Lipinski definition) is 4. The summed E-state index contributed by atoms with van der Waals surface area (Å²) in [5.74, 6) is -0.925. The van der Waals surface area contributed by atoms with E-state index in [1.807, 2.05) is 6.07 Å². The molecule has 2 aromatic carbocycles. The molecular weight excluding hydrogens is 350 g/mol. The van der Waals surface area contributed by atoms with Crippen LogP contribution in [0.1, 0.15) is 26.3 Å². The Balaban J connectivity index is 1.99. The van der Waals surface area contributed by atoms with Gasteiger partial charge in [-0.3, -0.25) is 14.8 Å². The third-order valence-corrected chi connectivity index (χ3v) is 3.46. The van der Waals surface area contributed by atoms with Gasteiger partial charge in [-0.25, -0.2) is 10.9 Å². The summed E-state index contributed by atoms with van der Waals surface area (Å²) in [6, 6.07) is 13.4. The quantitative estimate of drug-likeness (QED) is 0.443. The largest absolute Gasteiger partial charge is 0.288 e. The predicted molar refractivity (Wildman–Crippen MR) is 84.9 cm³/mol. The zero-order chi connectivity index (χ0) is 15.9. The minimum absolute atomic E-state index is 0.317. The van der Waals surface area contributed by atoms with Gasteiger partial charge in [0.25, 0.3) is 11.8 Å². The summed E-state index contributed by atoms with van der Waals surface area (Å²) in [5, 5.41) is 12.4. The molecule has 0 unspecified atom stereocenters. The van der Waals surface area contributed by atoms with Crippen LogP contribution in [0.15, 0.2) is 58.1 Å². The third-order valence-electron chi connectivity index (χ3n) is 2.77. The number of halogens is 1. The van der Waals surface area contributed by atoms with Gasteiger partial charge >= 0.3 is 0 Å². The maximum Gasteiger partial charge on any atom is 0.274 e. The molecule has 2 rings (SSSR count). The summed E-state index contributed by atoms with van der Waals surface area (Å²) in [4.78, 5) is 23.1. The fourth-order valence-electron chi connectivity index (χ4n) is 1.66. The van der Waals surface area contributed by atoms with Crippen LogP contribution in [0, 0.1) is 0 Å². The average molecular weight is 362 g/mol. The average Bonchev–Trinajstić information content (AvgIpc) is 2.55. The van der Waals surface area contributed by atoms with E-state index in [4.69, 9.17) is 5.21 Å². The van der Waals surface area contributed by atoms with Crippen LogP contribution in [0.3, 0.4) is 0 Å². The lowest BCUT2D eigenvalue weighted by Crippen LogP contribution is -2.18. The topological polar surface area (TPSA) is 90.8 Å². The molecule has 6 nitrogen and oxygen atoms in total. The van der Waals surface area contributed by atoms with Gasteiger partial charge in [0.1, 0.15) is 0 Å². The zero-order valence-corrected chi connectivity index (χ0v) is 12.9. The lowest BCUT2D eigenvalue weighted by Gasteiger charge is -2.02. The third kappa shape index (κ3) is 4.00. The first-order chi connectivity index (χ1) is 10.6. The maximum atomic E-state index is 11.9. The zero-order valence-electron chi connectivity index (χ0n) is 11.3. The Hall–Kier alpha value is -2.51. The SMILES string of the molecule is O=C(NO)c1ccc(/C=N/NC(=O)c2ccccc2Br)cc1. The second kappa shape index (κ2) is 7.48. The van der Waals surface area contributed by atoms with E-state index in [0.717, 1.165) is 0 Å². The Labute approximate surface area is 134 Å². The fraction of sp³-hybridized carbons (Fsp3) is 0. The van der Waals surface area contributed by atoms with E-state index < -0.39 is 5.91 Å². The van der Waals surface area contributed by atoms with Gasteiger partial charge in [0, 0.05) is 10.0 Å². The highest BCUT2D eigenvalue weighted by Crippen LogP contribution is 2.15. The molecule has 0 aliphatic carbocycles. The van der Waals surface area contributed by atoms with Gasteiger partial charge < -0.3 is 0 Å². The molecule has 3 N–H and O–H groups in total. The van der Waals surface area contributed by atoms with E-state index in [1.54, 1.807) is 35.8 Å². The number of benzene rings is 2. The summed E-state index contributed by atoms with van der Waals surface area (Å²) < 4.78 is 0.682. The Bertz CT molecular complexity index is 714. The second-order valence-corrected chi connectivity index (χ2v) is 5.10. The van der Waals surface area contributed by atoms with E-state index >= 15 is 0 Å². The van der Waals surface area contributed by atoms with Crippen LogP contribution in [0.4, 0.5) is 0 Å². The van der Waals surface area contributed by atoms with Crippen molar-refractivity contribution in [3.63, 3.8) is 0 Å². The van der Waals surface area contributed by atoms with Crippen LogP contribution in [0.5, 0.6) is 0 Å². The molecule has 0 aliphatic heterocycles. The molecule has 0 aliphatic rings. The van der Waals surface area contributed by atoms with Crippen LogP contribution in [-0.2, 0) is 0 Å². The number of rotatable bonds is 4. The summed E-state index contributed by atoms with van der Waals surface area (Å²) in [6.45, 7) is 0. The van der Waals surface area contributed by atoms with E-state index in [0.29, 0.717) is 21.2 Å². The van der Waals surface area contributed by atoms with Gasteiger partial charge in [-0.05, 0) is 45.8 Å². The molecule has 0 radical (unpaired) electrons. The van der Waals surface area contributed by atoms with Crippen molar-refractivity contribution in [1.29, 1.82) is 0 Å². The van der Waals surface area contributed by atoms with Crippen molar-refractivity contribution in [2.75, 3.05) is 0 Å². The summed E-state index contributed by atoms with van der Waals surface area (Å²) in [7, 11) is 0. The van der Waals surface area contributed by atoms with Crippen molar-refractivity contribution < 1.29 is 14.8 Å². The van der Waals surface area contributed by atoms with Crippen molar-refractivity contribution in [2.24, 2.45) is 5.10 Å². The number of nitrogens with one attached hydrogen (secondary N) is 2. The molecule has 0 spiro atoms. The van der Waals surface area contributed by atoms with Gasteiger partial charge in [-0.1, -0.05) is 24.3 Å². The highest BCUT2D eigenvalue weighted by atomic mass is 79.9. The molecular formula is C15H12BrN3O3. The predicted octanol–water partition coefficient (Wildman–Crippen LogP) is 2.33. The van der Waals surface area contributed by atoms with E-state index in [-0.39, 0.29) is 5.91 Å². The number of nitrogens with zero attached hydrogens (tertiary/aromatic N) is 1. The first-order valence-corrected chi connectivity index (χ1v) is 7.03. The summed E-state index contributed by atoms with van der Waals surface area (Å²) in [6.07, 6.45) is 1.45. The van der Waals surface area contributed by atoms with Gasteiger partial charge in [-0.2, -0.15) is 5.10 Å². The number of hydroxylamine groups is 1. The van der Waals surface area contributed by atoms with Crippen LogP contribution in [0.25, 0.3) is 0 Å². The minimum atomic E-state index is -0.592. The number of carbonyl (C=O) groups is 2. The lowest BCUT2D eigenvalue weighted by molar-refractivity contribution is 0.0706. The van der Waals surface area contributed by atoms with Gasteiger partial charge in [0.2, 0.25) is 0 Å². The summed E-state index contributed by atoms with van der Waals surface area (Å²) >= 11 is 3.29. The molecule has 0 bridgehead atoms. The van der Waals surface area contributed by atoms with Gasteiger partial charge in [0.05, 0.1) is 11.8 Å². The molecule has 2 aromatic rings. The van der Waals surface area contributed by atoms with Crippen molar-refractivity contribution >= 4 is 34.0 Å². The molecule has 112 valence electrons. The Kier molecular flexibility index (Phi) is 5.40. The van der Waals surface area contributed by atoms with E-state index in [9.17, 15) is 9.59 Å². The van der Waals surface area contributed by atoms with Gasteiger partial charge in [-0.15, -0.1) is 0 Å². The highest BCUT2D eigenvalue weighted by molar-refractivity contribution is 9.10. The molecule has 2 amide bonds. The normalized spacial score (nSPS) is 10.5. The lowest BCUT2D eigenvalue weighted by atomic mass is 10.1. The highest BCUT2D eigenvalue weighted by Gasteiger charge is 2.07. The molecule has 0 aromatic heterocycles. The van der Waals surface area contributed by atoms with Crippen molar-refractivity contribution in [3.8, 4) is 0 Å².